The molecule has 1 heterocycles. The van der Waals surface area contributed by atoms with E-state index in [1.54, 1.807) is 25.4 Å². The molecule has 20 heavy (non-hydrogen) atoms. The van der Waals surface area contributed by atoms with E-state index in [4.69, 9.17) is 15.2 Å². The molecule has 0 spiro atoms. The number of benzene rings is 1. The van der Waals surface area contributed by atoms with Gasteiger partial charge in [0.2, 0.25) is 11.8 Å². The zero-order chi connectivity index (χ0) is 14.4. The summed E-state index contributed by atoms with van der Waals surface area (Å²) in [5.41, 5.74) is 7.41. The number of anilines is 2. The molecule has 0 fully saturated rings. The van der Waals surface area contributed by atoms with E-state index >= 15 is 0 Å². The molecule has 0 aliphatic heterocycles. The normalized spacial score (nSPS) is 10.1. The van der Waals surface area contributed by atoms with Crippen LogP contribution in [0, 0.1) is 0 Å². The van der Waals surface area contributed by atoms with Gasteiger partial charge in [-0.15, -0.1) is 0 Å². The standard InChI is InChI=1S/C14H18N4O2/c1-3-20-13-6-7-16-14(18-13)17-9-10-8-11(15)4-5-12(10)19-2/h4-8H,3,9,15H2,1-2H3,(H,16,17,18). The van der Waals surface area contributed by atoms with Crippen LogP contribution < -0.4 is 20.5 Å². The molecule has 0 atom stereocenters. The maximum absolute atomic E-state index is 5.78. The van der Waals surface area contributed by atoms with Gasteiger partial charge in [-0.1, -0.05) is 0 Å². The third-order valence-electron chi connectivity index (χ3n) is 2.66. The Morgan fingerprint density at radius 3 is 2.90 bits per heavy atom. The van der Waals surface area contributed by atoms with Crippen LogP contribution in [-0.2, 0) is 6.54 Å². The summed E-state index contributed by atoms with van der Waals surface area (Å²) in [5.74, 6) is 1.82. The first-order valence-electron chi connectivity index (χ1n) is 6.35. The molecule has 0 bridgehead atoms. The van der Waals surface area contributed by atoms with Crippen molar-refractivity contribution < 1.29 is 9.47 Å². The average Bonchev–Trinajstić information content (AvgIpc) is 2.46. The van der Waals surface area contributed by atoms with Crippen molar-refractivity contribution in [2.45, 2.75) is 13.5 Å². The number of rotatable bonds is 6. The van der Waals surface area contributed by atoms with Crippen molar-refractivity contribution in [1.82, 2.24) is 9.97 Å². The van der Waals surface area contributed by atoms with Crippen LogP contribution in [0.3, 0.4) is 0 Å². The molecule has 0 saturated carbocycles. The van der Waals surface area contributed by atoms with Gasteiger partial charge >= 0.3 is 0 Å². The Morgan fingerprint density at radius 2 is 2.15 bits per heavy atom. The molecule has 0 amide bonds. The highest BCUT2D eigenvalue weighted by Crippen LogP contribution is 2.21. The van der Waals surface area contributed by atoms with Gasteiger partial charge in [-0.2, -0.15) is 4.98 Å². The van der Waals surface area contributed by atoms with Gasteiger partial charge in [-0.3, -0.25) is 0 Å². The lowest BCUT2D eigenvalue weighted by Gasteiger charge is -2.11. The number of ether oxygens (including phenoxy) is 2. The fraction of sp³-hybridized carbons (Fsp3) is 0.286. The van der Waals surface area contributed by atoms with Gasteiger partial charge in [0.1, 0.15) is 5.75 Å². The van der Waals surface area contributed by atoms with Crippen molar-refractivity contribution in [3.8, 4) is 11.6 Å². The summed E-state index contributed by atoms with van der Waals surface area (Å²) in [4.78, 5) is 8.38. The summed E-state index contributed by atoms with van der Waals surface area (Å²) >= 11 is 0. The number of nitrogens with two attached hydrogens (primary N) is 1. The van der Waals surface area contributed by atoms with E-state index in [9.17, 15) is 0 Å². The van der Waals surface area contributed by atoms with Crippen LogP contribution in [0.1, 0.15) is 12.5 Å². The van der Waals surface area contributed by atoms with Crippen LogP contribution in [0.5, 0.6) is 11.6 Å². The van der Waals surface area contributed by atoms with Crippen molar-refractivity contribution in [1.29, 1.82) is 0 Å². The molecule has 2 aromatic rings. The summed E-state index contributed by atoms with van der Waals surface area (Å²) in [5, 5.41) is 3.12. The first-order valence-corrected chi connectivity index (χ1v) is 6.35. The topological polar surface area (TPSA) is 82.3 Å². The van der Waals surface area contributed by atoms with Gasteiger partial charge in [0.05, 0.1) is 13.7 Å². The van der Waals surface area contributed by atoms with Crippen molar-refractivity contribution in [2.24, 2.45) is 0 Å². The lowest BCUT2D eigenvalue weighted by Crippen LogP contribution is -2.06. The maximum atomic E-state index is 5.78. The van der Waals surface area contributed by atoms with Crippen molar-refractivity contribution in [3.63, 3.8) is 0 Å². The Morgan fingerprint density at radius 1 is 1.30 bits per heavy atom. The molecule has 1 aromatic heterocycles. The van der Waals surface area contributed by atoms with E-state index in [0.717, 1.165) is 11.3 Å². The predicted molar refractivity (Wildman–Crippen MR) is 77.9 cm³/mol. The smallest absolute Gasteiger partial charge is 0.226 e. The second kappa shape index (κ2) is 6.60. The second-order valence-corrected chi connectivity index (χ2v) is 4.08. The number of nitrogens with one attached hydrogen (secondary N) is 1. The molecule has 2 rings (SSSR count). The van der Waals surface area contributed by atoms with E-state index in [1.807, 2.05) is 19.1 Å². The molecule has 0 unspecified atom stereocenters. The summed E-state index contributed by atoms with van der Waals surface area (Å²) in [6, 6.07) is 7.21. The highest BCUT2D eigenvalue weighted by molar-refractivity contribution is 5.49. The quantitative estimate of drug-likeness (QED) is 0.785. The lowest BCUT2D eigenvalue weighted by atomic mass is 10.2. The van der Waals surface area contributed by atoms with Crippen molar-refractivity contribution in [3.05, 3.63) is 36.0 Å². The Kier molecular flexibility index (Phi) is 4.60. The van der Waals surface area contributed by atoms with Crippen LogP contribution in [0.2, 0.25) is 0 Å². The van der Waals surface area contributed by atoms with Gasteiger partial charge in [0.25, 0.3) is 0 Å². The molecule has 0 aliphatic carbocycles. The number of hydrogen-bond acceptors (Lipinski definition) is 6. The molecule has 6 nitrogen and oxygen atoms in total. The zero-order valence-electron chi connectivity index (χ0n) is 11.6. The summed E-state index contributed by atoms with van der Waals surface area (Å²) in [6.45, 7) is 3.00. The Labute approximate surface area is 118 Å². The molecule has 0 radical (unpaired) electrons. The molecule has 0 aliphatic rings. The molecule has 0 saturated heterocycles. The Hall–Kier alpha value is -2.50. The van der Waals surface area contributed by atoms with Crippen LogP contribution in [0.4, 0.5) is 11.6 Å². The van der Waals surface area contributed by atoms with E-state index < -0.39 is 0 Å². The highest BCUT2D eigenvalue weighted by Gasteiger charge is 2.05. The van der Waals surface area contributed by atoms with Gasteiger partial charge in [0.15, 0.2) is 0 Å². The van der Waals surface area contributed by atoms with Gasteiger partial charge in [-0.05, 0) is 25.1 Å². The number of nitrogen functional groups attached to an aromatic ring is 1. The number of aromatic nitrogens is 2. The van der Waals surface area contributed by atoms with E-state index in [0.29, 0.717) is 30.7 Å². The summed E-state index contributed by atoms with van der Waals surface area (Å²) < 4.78 is 10.6. The summed E-state index contributed by atoms with van der Waals surface area (Å²) in [6.07, 6.45) is 1.65. The predicted octanol–water partition coefficient (Wildman–Crippen LogP) is 2.08. The van der Waals surface area contributed by atoms with Crippen LogP contribution in [0.15, 0.2) is 30.5 Å². The molecular formula is C14H18N4O2. The molecule has 6 heteroatoms. The first kappa shape index (κ1) is 13.9. The Balaban J connectivity index is 2.08. The van der Waals surface area contributed by atoms with E-state index in [1.165, 1.54) is 0 Å². The minimum Gasteiger partial charge on any atom is -0.496 e. The molecule has 3 N–H and O–H groups in total. The molecular weight excluding hydrogens is 256 g/mol. The van der Waals surface area contributed by atoms with Crippen molar-refractivity contribution in [2.75, 3.05) is 24.8 Å². The van der Waals surface area contributed by atoms with Crippen LogP contribution in [-0.4, -0.2) is 23.7 Å². The van der Waals surface area contributed by atoms with Crippen molar-refractivity contribution >= 4 is 11.6 Å². The average molecular weight is 274 g/mol. The largest absolute Gasteiger partial charge is 0.496 e. The fourth-order valence-electron chi connectivity index (χ4n) is 1.77. The minimum absolute atomic E-state index is 0.500. The highest BCUT2D eigenvalue weighted by atomic mass is 16.5. The second-order valence-electron chi connectivity index (χ2n) is 4.08. The van der Waals surface area contributed by atoms with Crippen LogP contribution in [0.25, 0.3) is 0 Å². The number of hydrogen-bond donors (Lipinski definition) is 2. The van der Waals surface area contributed by atoms with Crippen LogP contribution >= 0.6 is 0 Å². The molecule has 1 aromatic carbocycles. The van der Waals surface area contributed by atoms with Gasteiger partial charge in [0, 0.05) is 30.1 Å². The van der Waals surface area contributed by atoms with Gasteiger partial charge in [-0.25, -0.2) is 4.98 Å². The summed E-state index contributed by atoms with van der Waals surface area (Å²) in [7, 11) is 1.63. The van der Waals surface area contributed by atoms with Gasteiger partial charge < -0.3 is 20.5 Å². The fourth-order valence-corrected chi connectivity index (χ4v) is 1.77. The van der Waals surface area contributed by atoms with E-state index in [-0.39, 0.29) is 0 Å². The monoisotopic (exact) mass is 274 g/mol. The third-order valence-corrected chi connectivity index (χ3v) is 2.66. The zero-order valence-corrected chi connectivity index (χ0v) is 11.6. The maximum Gasteiger partial charge on any atom is 0.226 e. The number of methoxy groups -OCH3 is 1. The first-order chi connectivity index (χ1) is 9.72. The third kappa shape index (κ3) is 3.50. The Bertz CT molecular complexity index is 575. The van der Waals surface area contributed by atoms with E-state index in [2.05, 4.69) is 15.3 Å². The lowest BCUT2D eigenvalue weighted by molar-refractivity contribution is 0.326. The molecule has 106 valence electrons. The SMILES string of the molecule is CCOc1ccnc(NCc2cc(N)ccc2OC)n1. The minimum atomic E-state index is 0.500. The number of nitrogens with zero attached hydrogens (tertiary/aromatic N) is 2.